The number of methoxy groups -OCH3 is 1. The highest BCUT2D eigenvalue weighted by Gasteiger charge is 2.15. The molecule has 30 heavy (non-hydrogen) atoms. The third kappa shape index (κ3) is 2.98. The summed E-state index contributed by atoms with van der Waals surface area (Å²) in [4.78, 5) is 31.0. The summed E-state index contributed by atoms with van der Waals surface area (Å²) in [5, 5.41) is 0. The number of imidazole rings is 1. The van der Waals surface area contributed by atoms with E-state index >= 15 is 0 Å². The maximum absolute atomic E-state index is 13.0. The van der Waals surface area contributed by atoms with Crippen LogP contribution in [0, 0.1) is 0 Å². The largest absolute Gasteiger partial charge is 0.496 e. The van der Waals surface area contributed by atoms with Crippen molar-refractivity contribution in [3.8, 4) is 5.75 Å². The molecule has 0 fully saturated rings. The van der Waals surface area contributed by atoms with E-state index in [-0.39, 0.29) is 11.3 Å². The zero-order chi connectivity index (χ0) is 20.7. The zero-order valence-corrected chi connectivity index (χ0v) is 16.8. The van der Waals surface area contributed by atoms with Crippen molar-refractivity contribution in [2.24, 2.45) is 0 Å². The Kier molecular flexibility index (Phi) is 4.41. The van der Waals surface area contributed by atoms with Gasteiger partial charge in [0.15, 0.2) is 10.7 Å². The maximum atomic E-state index is 13.0. The average Bonchev–Trinajstić information content (AvgIpc) is 3.29. The van der Waals surface area contributed by atoms with Gasteiger partial charge >= 0.3 is 0 Å². The Morgan fingerprint density at radius 3 is 2.57 bits per heavy atom. The van der Waals surface area contributed by atoms with Crippen LogP contribution in [-0.2, 0) is 0 Å². The van der Waals surface area contributed by atoms with Crippen molar-refractivity contribution >= 4 is 39.2 Å². The normalized spacial score (nSPS) is 12.0. The van der Waals surface area contributed by atoms with Gasteiger partial charge in [-0.05, 0) is 30.3 Å². The summed E-state index contributed by atoms with van der Waals surface area (Å²) in [5.41, 5.74) is 3.19. The molecule has 2 aromatic heterocycles. The summed E-state index contributed by atoms with van der Waals surface area (Å²) in [6.45, 7) is 0. The molecule has 146 valence electrons. The molecule has 2 heterocycles. The maximum Gasteiger partial charge on any atom is 0.274 e. The van der Waals surface area contributed by atoms with E-state index in [0.717, 1.165) is 5.56 Å². The Morgan fingerprint density at radius 2 is 1.77 bits per heavy atom. The predicted molar refractivity (Wildman–Crippen MR) is 118 cm³/mol. The van der Waals surface area contributed by atoms with Gasteiger partial charge in [-0.3, -0.25) is 9.59 Å². The number of fused-ring (bicyclic) bond motifs is 3. The number of para-hydroxylation sites is 1. The van der Waals surface area contributed by atoms with Crippen molar-refractivity contribution in [2.75, 3.05) is 7.11 Å². The quantitative estimate of drug-likeness (QED) is 0.423. The third-order valence-corrected chi connectivity index (χ3v) is 5.93. The second kappa shape index (κ2) is 7.24. The van der Waals surface area contributed by atoms with Gasteiger partial charge in [-0.15, -0.1) is 0 Å². The van der Waals surface area contributed by atoms with Crippen LogP contribution in [0.2, 0.25) is 0 Å². The van der Waals surface area contributed by atoms with Gasteiger partial charge in [0, 0.05) is 16.7 Å². The molecular formula is C24H16N2O3S. The minimum Gasteiger partial charge on any atom is -0.496 e. The molecule has 0 spiro atoms. The van der Waals surface area contributed by atoms with Crippen LogP contribution in [0.5, 0.6) is 5.75 Å². The lowest BCUT2D eigenvalue weighted by Gasteiger charge is -2.02. The first-order valence-electron chi connectivity index (χ1n) is 9.35. The molecule has 5 nitrogen and oxygen atoms in total. The number of thiazole rings is 1. The van der Waals surface area contributed by atoms with Crippen LogP contribution >= 0.6 is 11.3 Å². The molecule has 0 N–H and O–H groups in total. The summed E-state index contributed by atoms with van der Waals surface area (Å²) >= 11 is 1.32. The highest BCUT2D eigenvalue weighted by molar-refractivity contribution is 7.15. The fraction of sp³-hybridized carbons (Fsp3) is 0.0417. The summed E-state index contributed by atoms with van der Waals surface area (Å²) in [7, 11) is 1.60. The standard InChI is InChI=1S/C24H16N2O3S/c1-29-20-10-6-5-9-16(20)14-21-23(28)26-19-12-11-17(13-18(19)25-24(26)30-21)22(27)15-7-3-2-4-8-15/h2-14H,1H3/b21-14-. The molecule has 3 aromatic carbocycles. The number of hydrogen-bond donors (Lipinski definition) is 0. The molecule has 5 rings (SSSR count). The Hall–Kier alpha value is -3.77. The van der Waals surface area contributed by atoms with Crippen LogP contribution < -0.4 is 14.8 Å². The van der Waals surface area contributed by atoms with Crippen LogP contribution in [0.1, 0.15) is 21.5 Å². The van der Waals surface area contributed by atoms with Gasteiger partial charge in [0.2, 0.25) is 0 Å². The number of benzene rings is 3. The van der Waals surface area contributed by atoms with E-state index in [0.29, 0.717) is 37.4 Å². The molecule has 0 bridgehead atoms. The van der Waals surface area contributed by atoms with Crippen molar-refractivity contribution in [1.29, 1.82) is 0 Å². The third-order valence-electron chi connectivity index (χ3n) is 4.96. The predicted octanol–water partition coefficient (Wildman–Crippen LogP) is 3.70. The minimum atomic E-state index is -0.134. The number of hydrogen-bond acceptors (Lipinski definition) is 5. The second-order valence-corrected chi connectivity index (χ2v) is 7.80. The molecule has 0 aliphatic rings. The molecule has 0 radical (unpaired) electrons. The summed E-state index contributed by atoms with van der Waals surface area (Å²) in [6.07, 6.45) is 1.82. The van der Waals surface area contributed by atoms with E-state index in [4.69, 9.17) is 4.74 Å². The topological polar surface area (TPSA) is 60.7 Å². The SMILES string of the molecule is COc1ccccc1/C=c1\sc2nc3cc(C(=O)c4ccccc4)ccc3n2c1=O. The van der Waals surface area contributed by atoms with Gasteiger partial charge in [0.1, 0.15) is 5.75 Å². The second-order valence-electron chi connectivity index (χ2n) is 6.79. The van der Waals surface area contributed by atoms with E-state index in [9.17, 15) is 9.59 Å². The molecule has 6 heteroatoms. The smallest absolute Gasteiger partial charge is 0.274 e. The number of carbonyl (C=O) groups excluding carboxylic acids is 1. The van der Waals surface area contributed by atoms with Crippen molar-refractivity contribution in [3.05, 3.63) is 104 Å². The van der Waals surface area contributed by atoms with Crippen LogP contribution in [0.4, 0.5) is 0 Å². The fourth-order valence-corrected chi connectivity index (χ4v) is 4.47. The van der Waals surface area contributed by atoms with E-state index in [2.05, 4.69) is 4.98 Å². The zero-order valence-electron chi connectivity index (χ0n) is 16.0. The Bertz CT molecular complexity index is 1520. The Balaban J connectivity index is 1.63. The lowest BCUT2D eigenvalue weighted by atomic mass is 10.0. The first-order chi connectivity index (χ1) is 14.7. The van der Waals surface area contributed by atoms with Gasteiger partial charge < -0.3 is 4.74 Å². The molecular weight excluding hydrogens is 396 g/mol. The Labute approximate surface area is 175 Å². The highest BCUT2D eigenvalue weighted by atomic mass is 32.1. The van der Waals surface area contributed by atoms with E-state index in [1.54, 1.807) is 41.8 Å². The first-order valence-corrected chi connectivity index (χ1v) is 10.2. The van der Waals surface area contributed by atoms with Gasteiger partial charge in [0.05, 0.1) is 22.7 Å². The molecule has 0 unspecified atom stereocenters. The van der Waals surface area contributed by atoms with Gasteiger partial charge in [-0.25, -0.2) is 9.38 Å². The van der Waals surface area contributed by atoms with Crippen LogP contribution in [0.3, 0.4) is 0 Å². The number of ketones is 1. The molecule has 0 aliphatic carbocycles. The molecule has 0 saturated heterocycles. The van der Waals surface area contributed by atoms with Crippen LogP contribution in [0.15, 0.2) is 77.6 Å². The van der Waals surface area contributed by atoms with Crippen molar-refractivity contribution in [1.82, 2.24) is 9.38 Å². The van der Waals surface area contributed by atoms with Crippen molar-refractivity contribution < 1.29 is 9.53 Å². The van der Waals surface area contributed by atoms with E-state index in [1.807, 2.05) is 48.5 Å². The molecule has 0 aliphatic heterocycles. The lowest BCUT2D eigenvalue weighted by molar-refractivity contribution is 0.103. The van der Waals surface area contributed by atoms with Crippen LogP contribution in [0.25, 0.3) is 22.1 Å². The van der Waals surface area contributed by atoms with Gasteiger partial charge in [-0.2, -0.15) is 0 Å². The molecule has 5 aromatic rings. The molecule has 0 saturated carbocycles. The molecule has 0 amide bonds. The molecule has 0 atom stereocenters. The lowest BCUT2D eigenvalue weighted by Crippen LogP contribution is -2.22. The summed E-state index contributed by atoms with van der Waals surface area (Å²) in [6, 6.07) is 21.9. The first kappa shape index (κ1) is 18.3. The number of nitrogens with zero attached hydrogens (tertiary/aromatic N) is 2. The van der Waals surface area contributed by atoms with E-state index < -0.39 is 0 Å². The monoisotopic (exact) mass is 412 g/mol. The summed E-state index contributed by atoms with van der Waals surface area (Å²) in [5.74, 6) is 0.637. The number of aromatic nitrogens is 2. The Morgan fingerprint density at radius 1 is 1.00 bits per heavy atom. The van der Waals surface area contributed by atoms with Crippen LogP contribution in [-0.4, -0.2) is 22.3 Å². The van der Waals surface area contributed by atoms with Gasteiger partial charge in [0.25, 0.3) is 5.56 Å². The van der Waals surface area contributed by atoms with E-state index in [1.165, 1.54) is 11.3 Å². The van der Waals surface area contributed by atoms with Gasteiger partial charge in [-0.1, -0.05) is 59.9 Å². The fourth-order valence-electron chi connectivity index (χ4n) is 3.49. The van der Waals surface area contributed by atoms with Crippen molar-refractivity contribution in [2.45, 2.75) is 0 Å². The summed E-state index contributed by atoms with van der Waals surface area (Å²) < 4.78 is 7.54. The number of carbonyl (C=O) groups is 1. The average molecular weight is 412 g/mol. The van der Waals surface area contributed by atoms with Crippen molar-refractivity contribution in [3.63, 3.8) is 0 Å². The highest BCUT2D eigenvalue weighted by Crippen LogP contribution is 2.21. The number of ether oxygens (including phenoxy) is 1. The number of rotatable bonds is 4. The minimum absolute atomic E-state index is 0.0682.